The largest absolute Gasteiger partial charge is 0.458 e. The highest BCUT2D eigenvalue weighted by atomic mass is 16.7. The highest BCUT2D eigenvalue weighted by Gasteiger charge is 2.72. The normalized spacial score (nSPS) is 38.5. The van der Waals surface area contributed by atoms with Crippen LogP contribution in [-0.2, 0) is 14.3 Å². The van der Waals surface area contributed by atoms with Crippen molar-refractivity contribution in [1.82, 2.24) is 0 Å². The van der Waals surface area contributed by atoms with Gasteiger partial charge in [-0.05, 0) is 47.0 Å². The van der Waals surface area contributed by atoms with E-state index in [1.807, 2.05) is 27.7 Å². The zero-order valence-electron chi connectivity index (χ0n) is 10.8. The Balaban J connectivity index is 2.11. The van der Waals surface area contributed by atoms with Crippen molar-refractivity contribution in [2.24, 2.45) is 0 Å². The molecule has 2 aliphatic rings. The molecule has 1 saturated heterocycles. The first-order chi connectivity index (χ1) is 7.29. The fraction of sp³-hybridized carbons (Fsp3) is 0.923. The third-order valence-corrected chi connectivity index (χ3v) is 3.62. The molecule has 0 radical (unpaired) electrons. The minimum absolute atomic E-state index is 0.163. The molecule has 16 heavy (non-hydrogen) atoms. The van der Waals surface area contributed by atoms with Gasteiger partial charge in [0.25, 0.3) is 0 Å². The van der Waals surface area contributed by atoms with Crippen LogP contribution in [0.5, 0.6) is 0 Å². The van der Waals surface area contributed by atoms with Crippen molar-refractivity contribution in [2.75, 3.05) is 0 Å². The highest BCUT2D eigenvalue weighted by Crippen LogP contribution is 2.56. The maximum atomic E-state index is 12.2. The fourth-order valence-electron chi connectivity index (χ4n) is 2.66. The SMILES string of the molecule is CC(C)(C)OC(=O)C12CCCCCC1(C)O2. The van der Waals surface area contributed by atoms with Gasteiger partial charge in [-0.1, -0.05) is 12.8 Å². The molecule has 0 aromatic carbocycles. The lowest BCUT2D eigenvalue weighted by Gasteiger charge is -2.23. The van der Waals surface area contributed by atoms with Gasteiger partial charge in [-0.15, -0.1) is 0 Å². The van der Waals surface area contributed by atoms with E-state index in [1.165, 1.54) is 6.42 Å². The molecule has 0 aromatic heterocycles. The number of hydrogen-bond donors (Lipinski definition) is 0. The van der Waals surface area contributed by atoms with Gasteiger partial charge in [0, 0.05) is 0 Å². The van der Waals surface area contributed by atoms with Crippen molar-refractivity contribution in [3.63, 3.8) is 0 Å². The molecule has 0 bridgehead atoms. The molecule has 0 N–H and O–H groups in total. The maximum absolute atomic E-state index is 12.2. The Hall–Kier alpha value is -0.570. The van der Waals surface area contributed by atoms with Gasteiger partial charge in [0.2, 0.25) is 0 Å². The van der Waals surface area contributed by atoms with Crippen LogP contribution in [-0.4, -0.2) is 22.8 Å². The summed E-state index contributed by atoms with van der Waals surface area (Å²) in [5, 5.41) is 0. The molecule has 2 fully saturated rings. The smallest absolute Gasteiger partial charge is 0.342 e. The predicted molar refractivity (Wildman–Crippen MR) is 61.2 cm³/mol. The minimum atomic E-state index is -0.628. The first-order valence-electron chi connectivity index (χ1n) is 6.23. The lowest BCUT2D eigenvalue weighted by atomic mass is 9.89. The first kappa shape index (κ1) is 11.9. The third kappa shape index (κ3) is 1.86. The molecule has 2 rings (SSSR count). The van der Waals surface area contributed by atoms with E-state index in [2.05, 4.69) is 0 Å². The van der Waals surface area contributed by atoms with Crippen molar-refractivity contribution < 1.29 is 14.3 Å². The van der Waals surface area contributed by atoms with Crippen LogP contribution < -0.4 is 0 Å². The van der Waals surface area contributed by atoms with Crippen LogP contribution in [0, 0.1) is 0 Å². The summed E-state index contributed by atoms with van der Waals surface area (Å²) in [5.41, 5.74) is -1.31. The first-order valence-corrected chi connectivity index (χ1v) is 6.23. The van der Waals surface area contributed by atoms with E-state index < -0.39 is 11.2 Å². The van der Waals surface area contributed by atoms with Crippen LogP contribution in [0.15, 0.2) is 0 Å². The molecule has 3 heteroatoms. The summed E-state index contributed by atoms with van der Waals surface area (Å²) in [5.74, 6) is -0.163. The standard InChI is InChI=1S/C13H22O3/c1-11(2,3)15-10(14)13-9-7-5-6-8-12(13,4)16-13/h5-9H2,1-4H3. The van der Waals surface area contributed by atoms with Gasteiger partial charge in [-0.3, -0.25) is 0 Å². The molecule has 1 aliphatic carbocycles. The molecule has 1 saturated carbocycles. The van der Waals surface area contributed by atoms with Crippen molar-refractivity contribution in [3.05, 3.63) is 0 Å². The van der Waals surface area contributed by atoms with Gasteiger partial charge >= 0.3 is 5.97 Å². The minimum Gasteiger partial charge on any atom is -0.458 e. The molecule has 3 nitrogen and oxygen atoms in total. The van der Waals surface area contributed by atoms with Gasteiger partial charge in [-0.2, -0.15) is 0 Å². The van der Waals surface area contributed by atoms with Crippen molar-refractivity contribution in [1.29, 1.82) is 0 Å². The Morgan fingerprint density at radius 3 is 2.44 bits per heavy atom. The number of rotatable bonds is 1. The summed E-state index contributed by atoms with van der Waals surface area (Å²) < 4.78 is 11.2. The van der Waals surface area contributed by atoms with E-state index in [0.29, 0.717) is 0 Å². The maximum Gasteiger partial charge on any atom is 0.342 e. The number of ether oxygens (including phenoxy) is 2. The molecule has 0 amide bonds. The average Bonchev–Trinajstić information content (AvgIpc) is 2.70. The van der Waals surface area contributed by atoms with E-state index in [1.54, 1.807) is 0 Å². The van der Waals surface area contributed by atoms with E-state index in [9.17, 15) is 4.79 Å². The molecule has 92 valence electrons. The summed E-state index contributed by atoms with van der Waals surface area (Å²) >= 11 is 0. The Morgan fingerprint density at radius 2 is 1.81 bits per heavy atom. The molecule has 1 aliphatic heterocycles. The fourth-order valence-corrected chi connectivity index (χ4v) is 2.66. The van der Waals surface area contributed by atoms with E-state index in [0.717, 1.165) is 25.7 Å². The second-order valence-electron chi connectivity index (χ2n) is 6.22. The third-order valence-electron chi connectivity index (χ3n) is 3.62. The molecular formula is C13H22O3. The zero-order chi connectivity index (χ0) is 12.0. The predicted octanol–water partition coefficient (Wildman–Crippen LogP) is 2.82. The number of esters is 1. The van der Waals surface area contributed by atoms with Crippen LogP contribution in [0.4, 0.5) is 0 Å². The molecule has 1 heterocycles. The van der Waals surface area contributed by atoms with E-state index >= 15 is 0 Å². The summed E-state index contributed by atoms with van der Waals surface area (Å²) in [6.07, 6.45) is 5.21. The van der Waals surface area contributed by atoms with Crippen molar-refractivity contribution in [2.45, 2.75) is 76.6 Å². The monoisotopic (exact) mass is 226 g/mol. The van der Waals surface area contributed by atoms with Crippen LogP contribution in [0.3, 0.4) is 0 Å². The van der Waals surface area contributed by atoms with Crippen LogP contribution in [0.25, 0.3) is 0 Å². The van der Waals surface area contributed by atoms with Gasteiger partial charge in [0.15, 0.2) is 5.60 Å². The van der Waals surface area contributed by atoms with E-state index in [-0.39, 0.29) is 11.6 Å². The highest BCUT2D eigenvalue weighted by molar-refractivity contribution is 5.85. The molecule has 0 spiro atoms. The summed E-state index contributed by atoms with van der Waals surface area (Å²) in [7, 11) is 0. The lowest BCUT2D eigenvalue weighted by Crippen LogP contribution is -2.38. The topological polar surface area (TPSA) is 38.8 Å². The molecule has 2 unspecified atom stereocenters. The second kappa shape index (κ2) is 3.46. The summed E-state index contributed by atoms with van der Waals surface area (Å²) in [4.78, 5) is 12.2. The summed E-state index contributed by atoms with van der Waals surface area (Å²) in [6.45, 7) is 7.75. The quantitative estimate of drug-likeness (QED) is 0.510. The number of carbonyl (C=O) groups is 1. The Morgan fingerprint density at radius 1 is 1.19 bits per heavy atom. The summed E-state index contributed by atoms with van der Waals surface area (Å²) in [6, 6.07) is 0. The number of carbonyl (C=O) groups excluding carboxylic acids is 1. The second-order valence-corrected chi connectivity index (χ2v) is 6.22. The average molecular weight is 226 g/mol. The Bertz CT molecular complexity index is 305. The number of hydrogen-bond acceptors (Lipinski definition) is 3. The van der Waals surface area contributed by atoms with Gasteiger partial charge < -0.3 is 9.47 Å². The number of fused-ring (bicyclic) bond motifs is 1. The van der Waals surface area contributed by atoms with Gasteiger partial charge in [0.1, 0.15) is 11.2 Å². The van der Waals surface area contributed by atoms with Gasteiger partial charge in [-0.25, -0.2) is 4.79 Å². The number of epoxide rings is 1. The zero-order valence-corrected chi connectivity index (χ0v) is 10.8. The molecule has 0 aromatic rings. The lowest BCUT2D eigenvalue weighted by molar-refractivity contribution is -0.161. The Labute approximate surface area is 97.5 Å². The Kier molecular flexibility index (Phi) is 2.57. The van der Waals surface area contributed by atoms with Crippen LogP contribution >= 0.6 is 0 Å². The molecule has 2 atom stereocenters. The van der Waals surface area contributed by atoms with Crippen molar-refractivity contribution in [3.8, 4) is 0 Å². The van der Waals surface area contributed by atoms with Crippen LogP contribution in [0.1, 0.15) is 59.8 Å². The van der Waals surface area contributed by atoms with Crippen LogP contribution in [0.2, 0.25) is 0 Å². The van der Waals surface area contributed by atoms with E-state index in [4.69, 9.17) is 9.47 Å². The van der Waals surface area contributed by atoms with Gasteiger partial charge in [0.05, 0.1) is 0 Å². The molecular weight excluding hydrogens is 204 g/mol. The van der Waals surface area contributed by atoms with Crippen molar-refractivity contribution >= 4 is 5.97 Å².